The monoisotopic (exact) mass is 468 g/mol. The smallest absolute Gasteiger partial charge is 0.252 e. The van der Waals surface area contributed by atoms with Crippen LogP contribution in [-0.4, -0.2) is 47.1 Å². The zero-order chi connectivity index (χ0) is 23.6. The van der Waals surface area contributed by atoms with Crippen molar-refractivity contribution in [2.45, 2.75) is 29.4 Å². The van der Waals surface area contributed by atoms with Crippen molar-refractivity contribution in [3.05, 3.63) is 59.2 Å². The van der Waals surface area contributed by atoms with Crippen molar-refractivity contribution in [3.8, 4) is 11.5 Å². The van der Waals surface area contributed by atoms with E-state index in [0.717, 1.165) is 11.1 Å². The van der Waals surface area contributed by atoms with Crippen LogP contribution in [0.3, 0.4) is 0 Å². The minimum absolute atomic E-state index is 0.0223. The predicted molar refractivity (Wildman–Crippen MR) is 124 cm³/mol. The summed E-state index contributed by atoms with van der Waals surface area (Å²) in [5.41, 5.74) is 4.88. The number of carbonyl (C=O) groups excluding carboxylic acids is 1. The van der Waals surface area contributed by atoms with E-state index in [4.69, 9.17) is 9.47 Å². The Kier molecular flexibility index (Phi) is 6.19. The Bertz CT molecular complexity index is 1240. The van der Waals surface area contributed by atoms with Gasteiger partial charge in [-0.3, -0.25) is 15.2 Å². The number of nitrogens with one attached hydrogen (secondary N) is 2. The molecular formula is C23H24N4O5S. The van der Waals surface area contributed by atoms with Crippen molar-refractivity contribution in [1.82, 2.24) is 10.7 Å². The fourth-order valence-corrected chi connectivity index (χ4v) is 5.19. The summed E-state index contributed by atoms with van der Waals surface area (Å²) in [5, 5.41) is 6.79. The molecule has 1 amide bonds. The lowest BCUT2D eigenvalue weighted by atomic mass is 10.0. The van der Waals surface area contributed by atoms with Gasteiger partial charge >= 0.3 is 0 Å². The third kappa shape index (κ3) is 4.47. The van der Waals surface area contributed by atoms with Crippen molar-refractivity contribution >= 4 is 28.2 Å². The molecule has 2 heterocycles. The molecule has 4 rings (SSSR count). The highest BCUT2D eigenvalue weighted by atomic mass is 32.2. The molecule has 0 saturated heterocycles. The first kappa shape index (κ1) is 22.5. The number of carbonyl (C=O) groups is 1. The Morgan fingerprint density at radius 2 is 1.79 bits per heavy atom. The summed E-state index contributed by atoms with van der Waals surface area (Å²) in [5.74, 6) is 0.130. The zero-order valence-corrected chi connectivity index (χ0v) is 19.2. The van der Waals surface area contributed by atoms with Gasteiger partial charge in [-0.05, 0) is 42.3 Å². The van der Waals surface area contributed by atoms with Gasteiger partial charge in [0.05, 0.1) is 30.6 Å². The molecule has 33 heavy (non-hydrogen) atoms. The van der Waals surface area contributed by atoms with Crippen molar-refractivity contribution in [1.29, 1.82) is 0 Å². The Labute approximate surface area is 192 Å². The molecule has 10 heteroatoms. The summed E-state index contributed by atoms with van der Waals surface area (Å²) in [6.45, 7) is 2.07. The fourth-order valence-electron chi connectivity index (χ4n) is 3.65. The van der Waals surface area contributed by atoms with Gasteiger partial charge < -0.3 is 14.8 Å². The van der Waals surface area contributed by atoms with Crippen LogP contribution in [0.4, 0.5) is 0 Å². The number of rotatable bonds is 7. The van der Waals surface area contributed by atoms with Crippen LogP contribution >= 0.6 is 0 Å². The number of aryl methyl sites for hydroxylation is 1. The van der Waals surface area contributed by atoms with Crippen LogP contribution in [0, 0.1) is 12.8 Å². The largest absolute Gasteiger partial charge is 0.495 e. The highest BCUT2D eigenvalue weighted by Gasteiger charge is 2.28. The van der Waals surface area contributed by atoms with Gasteiger partial charge in [0, 0.05) is 19.0 Å². The van der Waals surface area contributed by atoms with Crippen LogP contribution < -0.4 is 20.2 Å². The van der Waals surface area contributed by atoms with Crippen LogP contribution in [0.5, 0.6) is 11.5 Å². The molecule has 2 aromatic carbocycles. The number of dihydropyridines is 1. The molecular weight excluding hydrogens is 444 g/mol. The van der Waals surface area contributed by atoms with E-state index in [-0.39, 0.29) is 45.8 Å². The van der Waals surface area contributed by atoms with E-state index in [9.17, 15) is 13.2 Å². The van der Waals surface area contributed by atoms with E-state index >= 15 is 0 Å². The number of sulfone groups is 1. The first-order valence-electron chi connectivity index (χ1n) is 10.2. The number of aliphatic imine (C=N–C) groups is 1. The maximum Gasteiger partial charge on any atom is 0.252 e. The lowest BCUT2D eigenvalue weighted by molar-refractivity contribution is -0.117. The van der Waals surface area contributed by atoms with Crippen LogP contribution in [0.15, 0.2) is 67.9 Å². The fraction of sp³-hybridized carbons (Fsp3) is 0.261. The number of nitrogens with zero attached hydrogens (tertiary/aromatic N) is 2. The van der Waals surface area contributed by atoms with Gasteiger partial charge in [-0.15, -0.1) is 0 Å². The molecule has 0 spiro atoms. The molecule has 2 aliphatic heterocycles. The number of amides is 1. The Morgan fingerprint density at radius 1 is 1.12 bits per heavy atom. The topological polar surface area (TPSA) is 118 Å². The normalized spacial score (nSPS) is 18.8. The molecule has 9 nitrogen and oxygen atoms in total. The Hall–Kier alpha value is -3.66. The third-order valence-electron chi connectivity index (χ3n) is 5.39. The van der Waals surface area contributed by atoms with Crippen LogP contribution in [0.1, 0.15) is 11.1 Å². The molecule has 2 N–H and O–H groups in total. The lowest BCUT2D eigenvalue weighted by Gasteiger charge is -2.16. The van der Waals surface area contributed by atoms with Gasteiger partial charge in [0.25, 0.3) is 5.91 Å². The molecule has 2 atom stereocenters. The predicted octanol–water partition coefficient (Wildman–Crippen LogP) is 2.00. The van der Waals surface area contributed by atoms with Crippen LogP contribution in [-0.2, 0) is 21.2 Å². The molecule has 0 aromatic heterocycles. The van der Waals surface area contributed by atoms with E-state index in [1.165, 1.54) is 32.6 Å². The summed E-state index contributed by atoms with van der Waals surface area (Å²) in [6, 6.07) is 9.63. The highest BCUT2D eigenvalue weighted by Crippen LogP contribution is 2.38. The number of hydrazone groups is 1. The average Bonchev–Trinajstić information content (AvgIpc) is 3.30. The number of hydrogen-bond acceptors (Lipinski definition) is 8. The van der Waals surface area contributed by atoms with Gasteiger partial charge in [-0.1, -0.05) is 18.2 Å². The van der Waals surface area contributed by atoms with Gasteiger partial charge in [-0.2, -0.15) is 5.10 Å². The SMILES string of the molecule is COc1cc(C)cc(OC)c1S(=O)(=O)c1ccc(CNC(=O)C2=CC3C=NNC3N=C2)cc1. The van der Waals surface area contributed by atoms with Gasteiger partial charge in [0.15, 0.2) is 4.90 Å². The van der Waals surface area contributed by atoms with E-state index in [2.05, 4.69) is 20.8 Å². The molecule has 0 fully saturated rings. The number of hydrogen-bond donors (Lipinski definition) is 2. The number of ether oxygens (including phenoxy) is 2. The highest BCUT2D eigenvalue weighted by molar-refractivity contribution is 7.91. The molecule has 0 radical (unpaired) electrons. The lowest BCUT2D eigenvalue weighted by Crippen LogP contribution is -2.32. The van der Waals surface area contributed by atoms with Crippen molar-refractivity contribution in [2.75, 3.05) is 14.2 Å². The minimum Gasteiger partial charge on any atom is -0.495 e. The summed E-state index contributed by atoms with van der Waals surface area (Å²) < 4.78 is 37.3. The molecule has 0 saturated carbocycles. The molecule has 0 aliphatic carbocycles. The Balaban J connectivity index is 1.49. The molecule has 2 aliphatic rings. The van der Waals surface area contributed by atoms with Gasteiger partial charge in [-0.25, -0.2) is 8.42 Å². The maximum absolute atomic E-state index is 13.3. The minimum atomic E-state index is -3.90. The zero-order valence-electron chi connectivity index (χ0n) is 18.4. The number of methoxy groups -OCH3 is 2. The quantitative estimate of drug-likeness (QED) is 0.642. The van der Waals surface area contributed by atoms with Gasteiger partial charge in [0.1, 0.15) is 17.7 Å². The molecule has 2 aromatic rings. The van der Waals surface area contributed by atoms with Crippen LogP contribution in [0.2, 0.25) is 0 Å². The van der Waals surface area contributed by atoms with E-state index in [1.807, 2.05) is 13.0 Å². The summed E-state index contributed by atoms with van der Waals surface area (Å²) >= 11 is 0. The second-order valence-electron chi connectivity index (χ2n) is 7.66. The summed E-state index contributed by atoms with van der Waals surface area (Å²) in [4.78, 5) is 16.8. The average molecular weight is 469 g/mol. The van der Waals surface area contributed by atoms with Crippen molar-refractivity contribution < 1.29 is 22.7 Å². The second-order valence-corrected chi connectivity index (χ2v) is 9.54. The van der Waals surface area contributed by atoms with E-state index < -0.39 is 9.84 Å². The first-order valence-corrected chi connectivity index (χ1v) is 11.7. The molecule has 0 bridgehead atoms. The Morgan fingerprint density at radius 3 is 2.42 bits per heavy atom. The maximum atomic E-state index is 13.3. The summed E-state index contributed by atoms with van der Waals surface area (Å²) in [7, 11) is -1.06. The van der Waals surface area contributed by atoms with Crippen molar-refractivity contribution in [2.24, 2.45) is 16.0 Å². The number of fused-ring (bicyclic) bond motifs is 1. The molecule has 2 unspecified atom stereocenters. The molecule has 172 valence electrons. The second kappa shape index (κ2) is 9.07. The van der Waals surface area contributed by atoms with E-state index in [0.29, 0.717) is 5.57 Å². The number of benzene rings is 2. The van der Waals surface area contributed by atoms with E-state index in [1.54, 1.807) is 30.5 Å². The third-order valence-corrected chi connectivity index (χ3v) is 7.22. The standard InChI is InChI=1S/C23H24N4O5S/c1-14-8-19(31-2)21(20(9-14)32-3)33(29,30)18-6-4-15(5-7-18)11-25-23(28)17-10-16-13-26-27-22(16)24-12-17/h4-10,12-13,16,22,27H,11H2,1-3H3,(H,25,28). The van der Waals surface area contributed by atoms with Crippen molar-refractivity contribution in [3.63, 3.8) is 0 Å². The summed E-state index contributed by atoms with van der Waals surface area (Å²) in [6.07, 6.45) is 4.90. The van der Waals surface area contributed by atoms with Crippen LogP contribution in [0.25, 0.3) is 0 Å². The van der Waals surface area contributed by atoms with Gasteiger partial charge in [0.2, 0.25) is 9.84 Å². The first-order chi connectivity index (χ1) is 15.8.